The smallest absolute Gasteiger partial charge is 0.241 e. The number of likely N-dealkylation sites (tertiary alicyclic amines) is 1. The average Bonchev–Trinajstić information content (AvgIpc) is 2.98. The molecule has 0 bridgehead atoms. The molecule has 3 aliphatic heterocycles. The van der Waals surface area contributed by atoms with Crippen molar-refractivity contribution in [2.75, 3.05) is 59.0 Å². The number of carbonyl (C=O) groups excluding carboxylic acids is 1. The van der Waals surface area contributed by atoms with Crippen LogP contribution in [-0.2, 0) is 9.53 Å². The minimum atomic E-state index is -0.0304. The van der Waals surface area contributed by atoms with E-state index in [0.717, 1.165) is 65.4 Å². The Morgan fingerprint density at radius 1 is 1.16 bits per heavy atom. The fourth-order valence-electron chi connectivity index (χ4n) is 3.23. The molecule has 2 N–H and O–H groups in total. The second kappa shape index (κ2) is 6.17. The van der Waals surface area contributed by atoms with Gasteiger partial charge in [0.2, 0.25) is 5.91 Å². The SMILES string of the molecule is O=C(C1CNCCN1)N1CCC(N2CCOCC2)C1. The van der Waals surface area contributed by atoms with Gasteiger partial charge in [-0.25, -0.2) is 0 Å². The zero-order chi connectivity index (χ0) is 13.1. The first-order valence-electron chi connectivity index (χ1n) is 7.39. The van der Waals surface area contributed by atoms with Gasteiger partial charge in [0, 0.05) is 51.9 Å². The molecule has 0 radical (unpaired) electrons. The summed E-state index contributed by atoms with van der Waals surface area (Å²) in [7, 11) is 0. The summed E-state index contributed by atoms with van der Waals surface area (Å²) in [6.45, 7) is 8.08. The normalized spacial score (nSPS) is 33.6. The lowest BCUT2D eigenvalue weighted by atomic mass is 10.2. The minimum Gasteiger partial charge on any atom is -0.379 e. The number of nitrogens with one attached hydrogen (secondary N) is 2. The number of carbonyl (C=O) groups is 1. The van der Waals surface area contributed by atoms with Crippen LogP contribution in [0, 0.1) is 0 Å². The van der Waals surface area contributed by atoms with Gasteiger partial charge in [0.05, 0.1) is 19.3 Å². The zero-order valence-corrected chi connectivity index (χ0v) is 11.4. The number of ether oxygens (including phenoxy) is 1. The van der Waals surface area contributed by atoms with E-state index in [-0.39, 0.29) is 11.9 Å². The van der Waals surface area contributed by atoms with E-state index in [1.165, 1.54) is 0 Å². The van der Waals surface area contributed by atoms with Gasteiger partial charge in [0.25, 0.3) is 0 Å². The molecule has 0 aliphatic carbocycles. The first-order valence-corrected chi connectivity index (χ1v) is 7.39. The van der Waals surface area contributed by atoms with Gasteiger partial charge in [0.15, 0.2) is 0 Å². The van der Waals surface area contributed by atoms with E-state index in [2.05, 4.69) is 15.5 Å². The van der Waals surface area contributed by atoms with Gasteiger partial charge in [-0.3, -0.25) is 9.69 Å². The maximum absolute atomic E-state index is 12.4. The minimum absolute atomic E-state index is 0.0304. The lowest BCUT2D eigenvalue weighted by molar-refractivity contribution is -0.132. The maximum atomic E-state index is 12.4. The van der Waals surface area contributed by atoms with Gasteiger partial charge in [-0.05, 0) is 6.42 Å². The molecule has 1 amide bonds. The van der Waals surface area contributed by atoms with Gasteiger partial charge in [-0.15, -0.1) is 0 Å². The highest BCUT2D eigenvalue weighted by Gasteiger charge is 2.34. The van der Waals surface area contributed by atoms with Crippen LogP contribution >= 0.6 is 0 Å². The van der Waals surface area contributed by atoms with Crippen LogP contribution in [-0.4, -0.2) is 86.8 Å². The number of morpholine rings is 1. The van der Waals surface area contributed by atoms with Crippen LogP contribution < -0.4 is 10.6 Å². The summed E-state index contributed by atoms with van der Waals surface area (Å²) in [4.78, 5) is 16.9. The fraction of sp³-hybridized carbons (Fsp3) is 0.923. The summed E-state index contributed by atoms with van der Waals surface area (Å²) >= 11 is 0. The lowest BCUT2D eigenvalue weighted by Gasteiger charge is -2.32. The highest BCUT2D eigenvalue weighted by Crippen LogP contribution is 2.17. The van der Waals surface area contributed by atoms with E-state index in [9.17, 15) is 4.79 Å². The van der Waals surface area contributed by atoms with Crippen molar-refractivity contribution in [3.8, 4) is 0 Å². The summed E-state index contributed by atoms with van der Waals surface area (Å²) < 4.78 is 5.39. The Morgan fingerprint density at radius 2 is 2.00 bits per heavy atom. The van der Waals surface area contributed by atoms with Crippen LogP contribution in [0.5, 0.6) is 0 Å². The van der Waals surface area contributed by atoms with E-state index in [4.69, 9.17) is 4.74 Å². The lowest BCUT2D eigenvalue weighted by Crippen LogP contribution is -2.56. The van der Waals surface area contributed by atoms with Gasteiger partial charge in [0.1, 0.15) is 0 Å². The maximum Gasteiger partial charge on any atom is 0.241 e. The van der Waals surface area contributed by atoms with Crippen LogP contribution in [0.4, 0.5) is 0 Å². The Morgan fingerprint density at radius 3 is 2.74 bits per heavy atom. The third kappa shape index (κ3) is 3.08. The van der Waals surface area contributed by atoms with E-state index in [1.807, 2.05) is 4.90 Å². The highest BCUT2D eigenvalue weighted by molar-refractivity contribution is 5.82. The van der Waals surface area contributed by atoms with Crippen LogP contribution in [0.3, 0.4) is 0 Å². The molecule has 3 aliphatic rings. The molecule has 6 nitrogen and oxygen atoms in total. The Labute approximate surface area is 114 Å². The quantitative estimate of drug-likeness (QED) is 0.637. The summed E-state index contributed by atoms with van der Waals surface area (Å²) in [5, 5.41) is 6.58. The molecule has 19 heavy (non-hydrogen) atoms. The summed E-state index contributed by atoms with van der Waals surface area (Å²) in [5.74, 6) is 0.267. The van der Waals surface area contributed by atoms with Crippen molar-refractivity contribution in [3.05, 3.63) is 0 Å². The van der Waals surface area contributed by atoms with Crippen molar-refractivity contribution >= 4 is 5.91 Å². The van der Waals surface area contributed by atoms with E-state index >= 15 is 0 Å². The topological polar surface area (TPSA) is 56.8 Å². The van der Waals surface area contributed by atoms with Crippen LogP contribution in [0.2, 0.25) is 0 Å². The summed E-state index contributed by atoms with van der Waals surface area (Å²) in [5.41, 5.74) is 0. The molecule has 108 valence electrons. The first-order chi connectivity index (χ1) is 9.34. The average molecular weight is 268 g/mol. The Balaban J connectivity index is 1.51. The van der Waals surface area contributed by atoms with Crippen LogP contribution in [0.25, 0.3) is 0 Å². The Kier molecular flexibility index (Phi) is 4.32. The number of hydrogen-bond acceptors (Lipinski definition) is 5. The summed E-state index contributed by atoms with van der Waals surface area (Å²) in [6.07, 6.45) is 1.10. The fourth-order valence-corrected chi connectivity index (χ4v) is 3.23. The molecule has 3 fully saturated rings. The van der Waals surface area contributed by atoms with Gasteiger partial charge < -0.3 is 20.3 Å². The molecule has 3 heterocycles. The van der Waals surface area contributed by atoms with Crippen molar-refractivity contribution in [3.63, 3.8) is 0 Å². The monoisotopic (exact) mass is 268 g/mol. The van der Waals surface area contributed by atoms with E-state index < -0.39 is 0 Å². The van der Waals surface area contributed by atoms with Gasteiger partial charge in [-0.2, -0.15) is 0 Å². The molecule has 0 saturated carbocycles. The molecule has 2 atom stereocenters. The second-order valence-corrected chi connectivity index (χ2v) is 5.59. The van der Waals surface area contributed by atoms with Crippen LogP contribution in [0.1, 0.15) is 6.42 Å². The van der Waals surface area contributed by atoms with Crippen LogP contribution in [0.15, 0.2) is 0 Å². The molecule has 3 saturated heterocycles. The third-order valence-electron chi connectivity index (χ3n) is 4.38. The number of nitrogens with zero attached hydrogens (tertiary/aromatic N) is 2. The number of piperazine rings is 1. The Bertz CT molecular complexity index is 314. The standard InChI is InChI=1S/C13H24N4O2/c18-13(12-9-14-2-3-15-12)17-4-1-11(10-17)16-5-7-19-8-6-16/h11-12,14-15H,1-10H2. The predicted molar refractivity (Wildman–Crippen MR) is 72.0 cm³/mol. The van der Waals surface area contributed by atoms with Gasteiger partial charge in [-0.1, -0.05) is 0 Å². The van der Waals surface area contributed by atoms with Crippen molar-refractivity contribution in [2.45, 2.75) is 18.5 Å². The number of rotatable bonds is 2. The Hall–Kier alpha value is -0.690. The van der Waals surface area contributed by atoms with Crippen molar-refractivity contribution in [1.29, 1.82) is 0 Å². The van der Waals surface area contributed by atoms with E-state index in [1.54, 1.807) is 0 Å². The van der Waals surface area contributed by atoms with Crippen molar-refractivity contribution in [2.24, 2.45) is 0 Å². The highest BCUT2D eigenvalue weighted by atomic mass is 16.5. The van der Waals surface area contributed by atoms with Crippen molar-refractivity contribution < 1.29 is 9.53 Å². The summed E-state index contributed by atoms with van der Waals surface area (Å²) in [6, 6.07) is 0.501. The molecule has 0 aromatic rings. The molecular formula is C13H24N4O2. The second-order valence-electron chi connectivity index (χ2n) is 5.59. The third-order valence-corrected chi connectivity index (χ3v) is 4.38. The van der Waals surface area contributed by atoms with Crippen molar-refractivity contribution in [1.82, 2.24) is 20.4 Å². The predicted octanol–water partition coefficient (Wildman–Crippen LogP) is -1.52. The molecule has 0 aromatic carbocycles. The largest absolute Gasteiger partial charge is 0.379 e. The molecular weight excluding hydrogens is 244 g/mol. The first kappa shape index (κ1) is 13.3. The molecule has 0 aromatic heterocycles. The van der Waals surface area contributed by atoms with E-state index in [0.29, 0.717) is 6.04 Å². The molecule has 6 heteroatoms. The number of amides is 1. The number of hydrogen-bond donors (Lipinski definition) is 2. The van der Waals surface area contributed by atoms with Gasteiger partial charge >= 0.3 is 0 Å². The molecule has 0 spiro atoms. The molecule has 3 rings (SSSR count). The zero-order valence-electron chi connectivity index (χ0n) is 11.4. The molecule has 2 unspecified atom stereocenters.